The molecule has 1 N–H and O–H groups in total. The number of carbonyl (C=O) groups excluding carboxylic acids is 1. The monoisotopic (exact) mass is 367 g/mol. The molecule has 1 saturated heterocycles. The summed E-state index contributed by atoms with van der Waals surface area (Å²) in [4.78, 5) is 14.6. The van der Waals surface area contributed by atoms with Gasteiger partial charge < -0.3 is 5.32 Å². The molecule has 4 rings (SSSR count). The van der Waals surface area contributed by atoms with Gasteiger partial charge in [-0.3, -0.25) is 9.69 Å². The van der Waals surface area contributed by atoms with Gasteiger partial charge in [0, 0.05) is 25.7 Å². The number of benzene rings is 1. The van der Waals surface area contributed by atoms with Crippen LogP contribution in [0.15, 0.2) is 30.5 Å². The summed E-state index contributed by atoms with van der Waals surface area (Å²) in [5, 5.41) is 11.2. The molecule has 2 fully saturated rings. The van der Waals surface area contributed by atoms with E-state index in [9.17, 15) is 4.79 Å². The number of amides is 1. The Hall–Kier alpha value is -2.21. The lowest BCUT2D eigenvalue weighted by Crippen LogP contribution is -2.34. The Kier molecular flexibility index (Phi) is 5.25. The highest BCUT2D eigenvalue weighted by Crippen LogP contribution is 2.24. The van der Waals surface area contributed by atoms with Crippen LogP contribution in [-0.2, 0) is 6.54 Å². The van der Waals surface area contributed by atoms with E-state index in [1.54, 1.807) is 0 Å². The van der Waals surface area contributed by atoms with E-state index in [4.69, 9.17) is 0 Å². The molecule has 1 saturated carbocycles. The van der Waals surface area contributed by atoms with Gasteiger partial charge >= 0.3 is 0 Å². The number of rotatable bonds is 6. The van der Waals surface area contributed by atoms with Gasteiger partial charge in [0.25, 0.3) is 5.91 Å². The van der Waals surface area contributed by atoms with E-state index in [2.05, 4.69) is 58.6 Å². The average molecular weight is 367 g/mol. The second kappa shape index (κ2) is 7.80. The number of hydrogen-bond acceptors (Lipinski definition) is 4. The normalized spacial score (nSPS) is 18.8. The zero-order valence-corrected chi connectivity index (χ0v) is 16.3. The van der Waals surface area contributed by atoms with Crippen molar-refractivity contribution in [3.63, 3.8) is 0 Å². The maximum absolute atomic E-state index is 12.1. The fourth-order valence-electron chi connectivity index (χ4n) is 3.65. The molecule has 6 heteroatoms. The summed E-state index contributed by atoms with van der Waals surface area (Å²) in [5.74, 6) is 0.486. The quantitative estimate of drug-likeness (QED) is 0.852. The number of likely N-dealkylation sites (tertiary alicyclic amines) is 1. The second-order valence-corrected chi connectivity index (χ2v) is 8.24. The van der Waals surface area contributed by atoms with Crippen LogP contribution in [0.1, 0.15) is 73.1 Å². The molecule has 1 aromatic carbocycles. The highest BCUT2D eigenvalue weighted by molar-refractivity contribution is 5.92. The smallest absolute Gasteiger partial charge is 0.273 e. The predicted octanol–water partition coefficient (Wildman–Crippen LogP) is 3.13. The highest BCUT2D eigenvalue weighted by atomic mass is 16.2. The number of hydrogen-bond donors (Lipinski definition) is 1. The van der Waals surface area contributed by atoms with Crippen LogP contribution in [0.5, 0.6) is 0 Å². The first-order valence-electron chi connectivity index (χ1n) is 10.1. The van der Waals surface area contributed by atoms with Crippen LogP contribution in [0, 0.1) is 0 Å². The van der Waals surface area contributed by atoms with Crippen LogP contribution >= 0.6 is 0 Å². The molecule has 0 spiro atoms. The van der Waals surface area contributed by atoms with Crippen molar-refractivity contribution in [2.75, 3.05) is 13.1 Å². The lowest BCUT2D eigenvalue weighted by molar-refractivity contribution is 0.0946. The van der Waals surface area contributed by atoms with E-state index in [0.29, 0.717) is 23.7 Å². The van der Waals surface area contributed by atoms with Gasteiger partial charge in [-0.05, 0) is 42.7 Å². The van der Waals surface area contributed by atoms with E-state index in [-0.39, 0.29) is 5.91 Å². The topological polar surface area (TPSA) is 63.1 Å². The lowest BCUT2D eigenvalue weighted by Gasteiger charge is -2.31. The first-order chi connectivity index (χ1) is 13.1. The molecule has 0 atom stereocenters. The number of piperidine rings is 1. The predicted molar refractivity (Wildman–Crippen MR) is 105 cm³/mol. The largest absolute Gasteiger partial charge is 0.348 e. The van der Waals surface area contributed by atoms with Crippen LogP contribution in [0.3, 0.4) is 0 Å². The number of carbonyl (C=O) groups is 1. The minimum atomic E-state index is -0.0916. The van der Waals surface area contributed by atoms with E-state index in [1.807, 2.05) is 10.9 Å². The number of nitrogens with zero attached hydrogens (tertiary/aromatic N) is 4. The fraction of sp³-hybridized carbons (Fsp3) is 0.571. The highest BCUT2D eigenvalue weighted by Gasteiger charge is 2.26. The van der Waals surface area contributed by atoms with Gasteiger partial charge in [0.2, 0.25) is 0 Å². The third kappa shape index (κ3) is 4.56. The summed E-state index contributed by atoms with van der Waals surface area (Å²) in [6.45, 7) is 7.54. The van der Waals surface area contributed by atoms with Crippen LogP contribution in [-0.4, -0.2) is 44.9 Å². The molecule has 0 unspecified atom stereocenters. The van der Waals surface area contributed by atoms with Crippen LogP contribution in [0.4, 0.5) is 0 Å². The van der Waals surface area contributed by atoms with Crippen molar-refractivity contribution in [1.29, 1.82) is 0 Å². The molecule has 1 amide bonds. The van der Waals surface area contributed by atoms with Gasteiger partial charge in [-0.15, -0.1) is 5.10 Å². The second-order valence-electron chi connectivity index (χ2n) is 8.24. The maximum Gasteiger partial charge on any atom is 0.273 e. The van der Waals surface area contributed by atoms with Crippen molar-refractivity contribution < 1.29 is 4.79 Å². The molecule has 1 aliphatic carbocycles. The third-order valence-corrected chi connectivity index (χ3v) is 5.64. The first kappa shape index (κ1) is 18.2. The molecular weight excluding hydrogens is 338 g/mol. The minimum Gasteiger partial charge on any atom is -0.348 e. The number of aromatic nitrogens is 3. The zero-order chi connectivity index (χ0) is 18.8. The fourth-order valence-corrected chi connectivity index (χ4v) is 3.65. The Labute approximate surface area is 160 Å². The van der Waals surface area contributed by atoms with Crippen molar-refractivity contribution in [3.05, 3.63) is 47.3 Å². The first-order valence-corrected chi connectivity index (χ1v) is 10.1. The van der Waals surface area contributed by atoms with E-state index in [1.165, 1.54) is 11.1 Å². The summed E-state index contributed by atoms with van der Waals surface area (Å²) in [7, 11) is 0. The SMILES string of the molecule is CC(C)c1ccc(CN2CCC(n3cc(C(=O)NC4CC4)nn3)CC2)cc1. The molecule has 144 valence electrons. The summed E-state index contributed by atoms with van der Waals surface area (Å²) in [5.41, 5.74) is 3.21. The molecule has 0 radical (unpaired) electrons. The van der Waals surface area contributed by atoms with Crippen molar-refractivity contribution >= 4 is 5.91 Å². The molecular formula is C21H29N5O. The van der Waals surface area contributed by atoms with Crippen molar-refractivity contribution in [2.45, 2.75) is 64.1 Å². The maximum atomic E-state index is 12.1. The molecule has 2 aromatic rings. The molecule has 1 aliphatic heterocycles. The van der Waals surface area contributed by atoms with Crippen LogP contribution < -0.4 is 5.32 Å². The van der Waals surface area contributed by atoms with E-state index >= 15 is 0 Å². The van der Waals surface area contributed by atoms with Gasteiger partial charge in [-0.1, -0.05) is 43.3 Å². The molecule has 27 heavy (non-hydrogen) atoms. The van der Waals surface area contributed by atoms with E-state index < -0.39 is 0 Å². The van der Waals surface area contributed by atoms with Crippen molar-refractivity contribution in [2.24, 2.45) is 0 Å². The van der Waals surface area contributed by atoms with Gasteiger partial charge in [-0.25, -0.2) is 4.68 Å². The average Bonchev–Trinajstić information content (AvgIpc) is 3.34. The van der Waals surface area contributed by atoms with Gasteiger partial charge in [0.15, 0.2) is 5.69 Å². The molecule has 2 heterocycles. The Morgan fingerprint density at radius 2 is 1.85 bits per heavy atom. The Bertz CT molecular complexity index is 770. The molecule has 2 aliphatic rings. The zero-order valence-electron chi connectivity index (χ0n) is 16.3. The van der Waals surface area contributed by atoms with Crippen LogP contribution in [0.2, 0.25) is 0 Å². The summed E-state index contributed by atoms with van der Waals surface area (Å²) in [6, 6.07) is 9.68. The van der Waals surface area contributed by atoms with Gasteiger partial charge in [0.05, 0.1) is 12.2 Å². The summed E-state index contributed by atoms with van der Waals surface area (Å²) in [6.07, 6.45) is 6.05. The van der Waals surface area contributed by atoms with Crippen molar-refractivity contribution in [1.82, 2.24) is 25.2 Å². The minimum absolute atomic E-state index is 0.0916. The Morgan fingerprint density at radius 3 is 2.48 bits per heavy atom. The lowest BCUT2D eigenvalue weighted by atomic mass is 10.0. The van der Waals surface area contributed by atoms with Crippen molar-refractivity contribution in [3.8, 4) is 0 Å². The van der Waals surface area contributed by atoms with Gasteiger partial charge in [-0.2, -0.15) is 0 Å². The summed E-state index contributed by atoms with van der Waals surface area (Å²) < 4.78 is 1.89. The molecule has 1 aromatic heterocycles. The Morgan fingerprint density at radius 1 is 1.15 bits per heavy atom. The molecule has 0 bridgehead atoms. The van der Waals surface area contributed by atoms with Crippen LogP contribution in [0.25, 0.3) is 0 Å². The van der Waals surface area contributed by atoms with Gasteiger partial charge in [0.1, 0.15) is 0 Å². The standard InChI is InChI=1S/C21H29N5O/c1-15(2)17-5-3-16(4-6-17)13-25-11-9-19(10-12-25)26-14-20(23-24-26)21(27)22-18-7-8-18/h3-6,14-15,18-19H,7-13H2,1-2H3,(H,22,27). The summed E-state index contributed by atoms with van der Waals surface area (Å²) >= 11 is 0. The molecule has 6 nitrogen and oxygen atoms in total. The Balaban J connectivity index is 1.28. The van der Waals surface area contributed by atoms with E-state index in [0.717, 1.165) is 45.3 Å². The third-order valence-electron chi connectivity index (χ3n) is 5.64. The number of nitrogens with one attached hydrogen (secondary N) is 1.